The number of nitrogens with zero attached hydrogens (tertiary/aromatic N) is 1. The number of nitrogen functional groups attached to an aromatic ring is 1. The summed E-state index contributed by atoms with van der Waals surface area (Å²) in [7, 11) is 0. The van der Waals surface area contributed by atoms with Gasteiger partial charge in [0.2, 0.25) is 0 Å². The molecule has 0 fully saturated rings. The topological polar surface area (TPSA) is 65.2 Å². The average Bonchev–Trinajstić information content (AvgIpc) is 2.52. The van der Waals surface area contributed by atoms with Crippen LogP contribution >= 0.6 is 0 Å². The molecule has 2 N–H and O–H groups in total. The number of hydrogen-bond acceptors (Lipinski definition) is 4. The van der Waals surface area contributed by atoms with E-state index >= 15 is 0 Å². The van der Waals surface area contributed by atoms with Crippen LogP contribution in [0.15, 0.2) is 60.8 Å². The highest BCUT2D eigenvalue weighted by Crippen LogP contribution is 2.17. The fourth-order valence-electron chi connectivity index (χ4n) is 2.17. The maximum atomic E-state index is 12.0. The highest BCUT2D eigenvalue weighted by atomic mass is 16.5. The number of carbonyl (C=O) groups excluding carboxylic acids is 1. The maximum absolute atomic E-state index is 12.0. The second-order valence-electron chi connectivity index (χ2n) is 4.69. The number of anilines is 1. The van der Waals surface area contributed by atoms with E-state index in [0.717, 1.165) is 16.5 Å². The largest absolute Gasteiger partial charge is 0.457 e. The second-order valence-corrected chi connectivity index (χ2v) is 4.69. The van der Waals surface area contributed by atoms with Crippen LogP contribution in [0.2, 0.25) is 0 Å². The van der Waals surface area contributed by atoms with E-state index in [4.69, 9.17) is 10.5 Å². The van der Waals surface area contributed by atoms with Gasteiger partial charge in [-0.2, -0.15) is 0 Å². The molecule has 0 radical (unpaired) electrons. The Bertz CT molecular complexity index is 794. The quantitative estimate of drug-likeness (QED) is 0.590. The highest BCUT2D eigenvalue weighted by Gasteiger charge is 2.09. The Hall–Kier alpha value is -2.88. The number of carbonyl (C=O) groups is 1. The van der Waals surface area contributed by atoms with Crippen LogP contribution in [-0.2, 0) is 11.3 Å². The lowest BCUT2D eigenvalue weighted by molar-refractivity contribution is 0.0474. The molecule has 0 aliphatic rings. The molecule has 0 amide bonds. The standard InChI is InChI=1S/C17H14N2O2/c18-14-5-3-4-12(10-14)17(20)21-11-13-8-9-19-16-7-2-1-6-15(13)16/h1-10H,11,18H2. The molecular formula is C17H14N2O2. The van der Waals surface area contributed by atoms with E-state index in [2.05, 4.69) is 4.98 Å². The number of esters is 1. The van der Waals surface area contributed by atoms with Gasteiger partial charge in [0.15, 0.2) is 0 Å². The van der Waals surface area contributed by atoms with Gasteiger partial charge in [-0.25, -0.2) is 4.79 Å². The number of pyridine rings is 1. The van der Waals surface area contributed by atoms with Crippen molar-refractivity contribution in [3.05, 3.63) is 71.9 Å². The molecule has 4 heteroatoms. The Morgan fingerprint density at radius 3 is 2.81 bits per heavy atom. The first kappa shape index (κ1) is 13.1. The summed E-state index contributed by atoms with van der Waals surface area (Å²) in [6.07, 6.45) is 1.71. The lowest BCUT2D eigenvalue weighted by atomic mass is 10.1. The molecule has 4 nitrogen and oxygen atoms in total. The summed E-state index contributed by atoms with van der Waals surface area (Å²) in [5, 5.41) is 0.986. The van der Waals surface area contributed by atoms with E-state index in [-0.39, 0.29) is 12.6 Å². The Balaban J connectivity index is 1.79. The molecule has 2 aromatic carbocycles. The van der Waals surface area contributed by atoms with Crippen molar-refractivity contribution in [3.8, 4) is 0 Å². The first-order valence-corrected chi connectivity index (χ1v) is 6.59. The SMILES string of the molecule is Nc1cccc(C(=O)OCc2ccnc3ccccc23)c1. The van der Waals surface area contributed by atoms with Gasteiger partial charge in [0.25, 0.3) is 0 Å². The molecule has 0 spiro atoms. The van der Waals surface area contributed by atoms with Crippen molar-refractivity contribution in [2.75, 3.05) is 5.73 Å². The van der Waals surface area contributed by atoms with Crippen LogP contribution in [0, 0.1) is 0 Å². The lowest BCUT2D eigenvalue weighted by Gasteiger charge is -2.08. The predicted molar refractivity (Wildman–Crippen MR) is 81.7 cm³/mol. The van der Waals surface area contributed by atoms with Crippen LogP contribution in [0.4, 0.5) is 5.69 Å². The Morgan fingerprint density at radius 2 is 1.95 bits per heavy atom. The number of rotatable bonds is 3. The van der Waals surface area contributed by atoms with Crippen molar-refractivity contribution in [2.45, 2.75) is 6.61 Å². The molecule has 0 aliphatic carbocycles. The van der Waals surface area contributed by atoms with Gasteiger partial charge in [0.05, 0.1) is 11.1 Å². The third-order valence-corrected chi connectivity index (χ3v) is 3.22. The van der Waals surface area contributed by atoms with E-state index in [1.54, 1.807) is 30.5 Å². The molecule has 1 aromatic heterocycles. The number of benzene rings is 2. The normalized spacial score (nSPS) is 10.5. The Labute approximate surface area is 122 Å². The summed E-state index contributed by atoms with van der Waals surface area (Å²) in [6, 6.07) is 16.4. The zero-order valence-corrected chi connectivity index (χ0v) is 11.3. The molecule has 0 atom stereocenters. The number of fused-ring (bicyclic) bond motifs is 1. The molecule has 0 bridgehead atoms. The molecule has 0 aliphatic heterocycles. The first-order valence-electron chi connectivity index (χ1n) is 6.59. The fourth-order valence-corrected chi connectivity index (χ4v) is 2.17. The summed E-state index contributed by atoms with van der Waals surface area (Å²) in [4.78, 5) is 16.3. The number of hydrogen-bond donors (Lipinski definition) is 1. The van der Waals surface area contributed by atoms with E-state index in [1.165, 1.54) is 0 Å². The Morgan fingerprint density at radius 1 is 1.10 bits per heavy atom. The third-order valence-electron chi connectivity index (χ3n) is 3.22. The average molecular weight is 278 g/mol. The number of para-hydroxylation sites is 1. The molecule has 0 unspecified atom stereocenters. The molecule has 3 aromatic rings. The molecule has 1 heterocycles. The monoisotopic (exact) mass is 278 g/mol. The third kappa shape index (κ3) is 2.84. The van der Waals surface area contributed by atoms with Gasteiger partial charge in [-0.05, 0) is 30.3 Å². The maximum Gasteiger partial charge on any atom is 0.338 e. The highest BCUT2D eigenvalue weighted by molar-refractivity contribution is 5.90. The van der Waals surface area contributed by atoms with Crippen LogP contribution < -0.4 is 5.73 Å². The zero-order valence-electron chi connectivity index (χ0n) is 11.3. The van der Waals surface area contributed by atoms with Gasteiger partial charge in [0.1, 0.15) is 6.61 Å². The van der Waals surface area contributed by atoms with Crippen molar-refractivity contribution in [1.29, 1.82) is 0 Å². The minimum atomic E-state index is -0.386. The van der Waals surface area contributed by atoms with E-state index < -0.39 is 0 Å². The number of aromatic nitrogens is 1. The van der Waals surface area contributed by atoms with Crippen LogP contribution in [0.25, 0.3) is 10.9 Å². The summed E-state index contributed by atoms with van der Waals surface area (Å²) < 4.78 is 5.35. The van der Waals surface area contributed by atoms with Crippen LogP contribution in [0.5, 0.6) is 0 Å². The minimum Gasteiger partial charge on any atom is -0.457 e. The Kier molecular flexibility index (Phi) is 3.51. The molecule has 0 saturated heterocycles. The molecular weight excluding hydrogens is 264 g/mol. The van der Waals surface area contributed by atoms with Gasteiger partial charge in [-0.3, -0.25) is 4.98 Å². The lowest BCUT2D eigenvalue weighted by Crippen LogP contribution is -2.06. The first-order chi connectivity index (χ1) is 10.2. The minimum absolute atomic E-state index is 0.205. The van der Waals surface area contributed by atoms with Crippen molar-refractivity contribution in [1.82, 2.24) is 4.98 Å². The summed E-state index contributed by atoms with van der Waals surface area (Å²) >= 11 is 0. The molecule has 104 valence electrons. The van der Waals surface area contributed by atoms with Crippen molar-refractivity contribution < 1.29 is 9.53 Å². The van der Waals surface area contributed by atoms with Crippen molar-refractivity contribution >= 4 is 22.6 Å². The van der Waals surface area contributed by atoms with Gasteiger partial charge in [-0.15, -0.1) is 0 Å². The van der Waals surface area contributed by atoms with Gasteiger partial charge in [-0.1, -0.05) is 24.3 Å². The van der Waals surface area contributed by atoms with Gasteiger partial charge < -0.3 is 10.5 Å². The zero-order chi connectivity index (χ0) is 14.7. The van der Waals surface area contributed by atoms with Crippen LogP contribution in [-0.4, -0.2) is 11.0 Å². The second kappa shape index (κ2) is 5.63. The predicted octanol–water partition coefficient (Wildman–Crippen LogP) is 3.17. The van der Waals surface area contributed by atoms with Gasteiger partial charge in [0, 0.05) is 22.8 Å². The number of nitrogens with two attached hydrogens (primary N) is 1. The summed E-state index contributed by atoms with van der Waals surface area (Å²) in [6.45, 7) is 0.205. The molecule has 3 rings (SSSR count). The van der Waals surface area contributed by atoms with Gasteiger partial charge >= 0.3 is 5.97 Å². The van der Waals surface area contributed by atoms with Crippen LogP contribution in [0.3, 0.4) is 0 Å². The van der Waals surface area contributed by atoms with Crippen LogP contribution in [0.1, 0.15) is 15.9 Å². The van der Waals surface area contributed by atoms with E-state index in [9.17, 15) is 4.79 Å². The molecule has 21 heavy (non-hydrogen) atoms. The number of ether oxygens (including phenoxy) is 1. The summed E-state index contributed by atoms with van der Waals surface area (Å²) in [5.41, 5.74) is 8.47. The summed E-state index contributed by atoms with van der Waals surface area (Å²) in [5.74, 6) is -0.386. The van der Waals surface area contributed by atoms with E-state index in [1.807, 2.05) is 30.3 Å². The fraction of sp³-hybridized carbons (Fsp3) is 0.0588. The van der Waals surface area contributed by atoms with Crippen molar-refractivity contribution in [3.63, 3.8) is 0 Å². The smallest absolute Gasteiger partial charge is 0.338 e. The van der Waals surface area contributed by atoms with Crippen molar-refractivity contribution in [2.24, 2.45) is 0 Å². The van der Waals surface area contributed by atoms with E-state index in [0.29, 0.717) is 11.3 Å². The molecule has 0 saturated carbocycles.